The Morgan fingerprint density at radius 3 is 2.26 bits per heavy atom. The van der Waals surface area contributed by atoms with Crippen molar-refractivity contribution in [2.24, 2.45) is 0 Å². The van der Waals surface area contributed by atoms with E-state index in [9.17, 15) is 18.0 Å². The Hall–Kier alpha value is -2.58. The molecular weight excluding hydrogens is 486 g/mol. The maximum Gasteiger partial charge on any atom is 0.244 e. The molecule has 1 fully saturated rings. The third-order valence-corrected chi connectivity index (χ3v) is 7.79. The van der Waals surface area contributed by atoms with Crippen molar-refractivity contribution in [3.8, 4) is 0 Å². The molecule has 1 aliphatic rings. The maximum absolute atomic E-state index is 13.5. The number of benzene rings is 2. The molecular formula is C26H34ClN3O4S. The van der Waals surface area contributed by atoms with Crippen LogP contribution in [0.1, 0.15) is 44.6 Å². The van der Waals surface area contributed by atoms with E-state index in [1.54, 1.807) is 31.2 Å². The van der Waals surface area contributed by atoms with Crippen LogP contribution in [-0.2, 0) is 26.0 Å². The number of sulfonamides is 1. The lowest BCUT2D eigenvalue weighted by atomic mass is 9.95. The molecule has 3 rings (SSSR count). The molecule has 2 amide bonds. The molecule has 7 nitrogen and oxygen atoms in total. The number of carbonyl (C=O) groups excluding carboxylic acids is 2. The van der Waals surface area contributed by atoms with Gasteiger partial charge in [0.05, 0.1) is 11.9 Å². The average molecular weight is 520 g/mol. The lowest BCUT2D eigenvalue weighted by Gasteiger charge is -2.33. The van der Waals surface area contributed by atoms with Crippen LogP contribution in [0.2, 0.25) is 5.02 Å². The van der Waals surface area contributed by atoms with Crippen molar-refractivity contribution in [1.82, 2.24) is 10.2 Å². The summed E-state index contributed by atoms with van der Waals surface area (Å²) < 4.78 is 26.2. The standard InChI is InChI=1S/C26H34ClN3O4S/c1-20(26(32)28-23-11-7-4-8-12-23)29(18-17-21-9-5-3-6-10-21)25(31)19-30(35(2,33)34)24-15-13-22(27)14-16-24/h3,5-6,9-10,13-16,20,23H,4,7-8,11-12,17-19H2,1-2H3,(H,28,32). The molecule has 0 heterocycles. The number of carbonyl (C=O) groups is 2. The number of halogens is 1. The van der Waals surface area contributed by atoms with Crippen LogP contribution in [0.3, 0.4) is 0 Å². The summed E-state index contributed by atoms with van der Waals surface area (Å²) >= 11 is 5.96. The summed E-state index contributed by atoms with van der Waals surface area (Å²) in [7, 11) is -3.75. The van der Waals surface area contributed by atoms with Crippen molar-refractivity contribution in [2.75, 3.05) is 23.7 Å². The fourth-order valence-electron chi connectivity index (χ4n) is 4.36. The predicted molar refractivity (Wildman–Crippen MR) is 140 cm³/mol. The van der Waals surface area contributed by atoms with Gasteiger partial charge in [0.15, 0.2) is 0 Å². The highest BCUT2D eigenvalue weighted by Crippen LogP contribution is 2.21. The van der Waals surface area contributed by atoms with Crippen LogP contribution in [0.25, 0.3) is 0 Å². The Morgan fingerprint density at radius 2 is 1.66 bits per heavy atom. The fourth-order valence-corrected chi connectivity index (χ4v) is 5.34. The van der Waals surface area contributed by atoms with Crippen LogP contribution < -0.4 is 9.62 Å². The van der Waals surface area contributed by atoms with Crippen LogP contribution in [0.4, 0.5) is 5.69 Å². The van der Waals surface area contributed by atoms with E-state index in [0.717, 1.165) is 41.8 Å². The summed E-state index contributed by atoms with van der Waals surface area (Å²) in [6.45, 7) is 1.59. The van der Waals surface area contributed by atoms with Crippen LogP contribution >= 0.6 is 11.6 Å². The Labute approximate surface area is 213 Å². The summed E-state index contributed by atoms with van der Waals surface area (Å²) in [6, 6.07) is 15.3. The smallest absolute Gasteiger partial charge is 0.244 e. The van der Waals surface area contributed by atoms with E-state index in [0.29, 0.717) is 23.7 Å². The van der Waals surface area contributed by atoms with Gasteiger partial charge < -0.3 is 10.2 Å². The van der Waals surface area contributed by atoms with E-state index in [2.05, 4.69) is 5.32 Å². The third-order valence-electron chi connectivity index (χ3n) is 6.40. The van der Waals surface area contributed by atoms with E-state index < -0.39 is 28.5 Å². The molecule has 1 saturated carbocycles. The van der Waals surface area contributed by atoms with Gasteiger partial charge in [0.2, 0.25) is 21.8 Å². The van der Waals surface area contributed by atoms with Crippen molar-refractivity contribution < 1.29 is 18.0 Å². The van der Waals surface area contributed by atoms with Crippen molar-refractivity contribution in [2.45, 2.75) is 57.5 Å². The zero-order chi connectivity index (χ0) is 25.4. The highest BCUT2D eigenvalue weighted by molar-refractivity contribution is 7.92. The molecule has 0 aromatic heterocycles. The first-order valence-electron chi connectivity index (χ1n) is 12.0. The van der Waals surface area contributed by atoms with E-state index >= 15 is 0 Å². The predicted octanol–water partition coefficient (Wildman–Crippen LogP) is 4.01. The SMILES string of the molecule is CC(C(=O)NC1CCCCC1)N(CCc1ccccc1)C(=O)CN(c1ccc(Cl)cc1)S(C)(=O)=O. The number of amides is 2. The second kappa shape index (κ2) is 12.4. The Balaban J connectivity index is 1.80. The van der Waals surface area contributed by atoms with Crippen LogP contribution in [0, 0.1) is 0 Å². The summed E-state index contributed by atoms with van der Waals surface area (Å²) in [5, 5.41) is 3.56. The van der Waals surface area contributed by atoms with Crippen LogP contribution in [-0.4, -0.2) is 56.6 Å². The zero-order valence-corrected chi connectivity index (χ0v) is 21.9. The molecule has 35 heavy (non-hydrogen) atoms. The quantitative estimate of drug-likeness (QED) is 0.513. The van der Waals surface area contributed by atoms with Gasteiger partial charge in [-0.05, 0) is 56.0 Å². The zero-order valence-electron chi connectivity index (χ0n) is 20.3. The Kier molecular flexibility index (Phi) is 9.57. The molecule has 9 heteroatoms. The highest BCUT2D eigenvalue weighted by Gasteiger charge is 2.30. The largest absolute Gasteiger partial charge is 0.352 e. The number of anilines is 1. The van der Waals surface area contributed by atoms with E-state index in [1.165, 1.54) is 11.3 Å². The molecule has 0 aliphatic heterocycles. The van der Waals surface area contributed by atoms with Gasteiger partial charge in [-0.2, -0.15) is 0 Å². The lowest BCUT2D eigenvalue weighted by molar-refractivity contribution is -0.139. The minimum absolute atomic E-state index is 0.117. The number of rotatable bonds is 10. The van der Waals surface area contributed by atoms with Gasteiger partial charge in [0, 0.05) is 17.6 Å². The Bertz CT molecular complexity index is 1090. The topological polar surface area (TPSA) is 86.8 Å². The second-order valence-electron chi connectivity index (χ2n) is 9.09. The van der Waals surface area contributed by atoms with E-state index in [1.807, 2.05) is 30.3 Å². The first-order chi connectivity index (χ1) is 16.6. The monoisotopic (exact) mass is 519 g/mol. The van der Waals surface area contributed by atoms with Crippen molar-refractivity contribution in [3.05, 3.63) is 65.2 Å². The van der Waals surface area contributed by atoms with Gasteiger partial charge in [0.1, 0.15) is 12.6 Å². The number of nitrogens with one attached hydrogen (secondary N) is 1. The van der Waals surface area contributed by atoms with Gasteiger partial charge >= 0.3 is 0 Å². The number of hydrogen-bond donors (Lipinski definition) is 1. The van der Waals surface area contributed by atoms with Crippen molar-refractivity contribution in [3.63, 3.8) is 0 Å². The molecule has 0 saturated heterocycles. The summed E-state index contributed by atoms with van der Waals surface area (Å²) in [5.74, 6) is -0.650. The van der Waals surface area contributed by atoms with Crippen molar-refractivity contribution in [1.29, 1.82) is 0 Å². The second-order valence-corrected chi connectivity index (χ2v) is 11.4. The summed E-state index contributed by atoms with van der Waals surface area (Å²) in [6.07, 6.45) is 6.83. The average Bonchev–Trinajstić information content (AvgIpc) is 2.84. The van der Waals surface area contributed by atoms with Gasteiger partial charge in [-0.3, -0.25) is 13.9 Å². The lowest BCUT2D eigenvalue weighted by Crippen LogP contribution is -2.53. The fraction of sp³-hybridized carbons (Fsp3) is 0.462. The maximum atomic E-state index is 13.5. The normalized spacial score (nSPS) is 15.3. The number of hydrogen-bond acceptors (Lipinski definition) is 4. The molecule has 190 valence electrons. The molecule has 1 aliphatic carbocycles. The van der Waals surface area contributed by atoms with Gasteiger partial charge in [-0.1, -0.05) is 61.2 Å². The highest BCUT2D eigenvalue weighted by atomic mass is 35.5. The molecule has 2 aromatic carbocycles. The first kappa shape index (κ1) is 27.0. The summed E-state index contributed by atoms with van der Waals surface area (Å²) in [4.78, 5) is 28.1. The molecule has 0 radical (unpaired) electrons. The van der Waals surface area contributed by atoms with Crippen LogP contribution in [0.15, 0.2) is 54.6 Å². The number of nitrogens with zero attached hydrogens (tertiary/aromatic N) is 2. The van der Waals surface area contributed by atoms with Gasteiger partial charge in [-0.15, -0.1) is 0 Å². The van der Waals surface area contributed by atoms with E-state index in [4.69, 9.17) is 11.6 Å². The summed E-state index contributed by atoms with van der Waals surface area (Å²) in [5.41, 5.74) is 1.37. The van der Waals surface area contributed by atoms with Gasteiger partial charge in [-0.25, -0.2) is 8.42 Å². The third kappa shape index (κ3) is 7.97. The molecule has 0 bridgehead atoms. The molecule has 1 unspecified atom stereocenters. The van der Waals surface area contributed by atoms with Crippen molar-refractivity contribution >= 4 is 39.1 Å². The first-order valence-corrected chi connectivity index (χ1v) is 14.2. The Morgan fingerprint density at radius 1 is 1.03 bits per heavy atom. The van der Waals surface area contributed by atoms with Gasteiger partial charge in [0.25, 0.3) is 0 Å². The minimum atomic E-state index is -3.75. The molecule has 0 spiro atoms. The molecule has 1 N–H and O–H groups in total. The molecule has 2 aromatic rings. The van der Waals surface area contributed by atoms with Crippen LogP contribution in [0.5, 0.6) is 0 Å². The molecule has 1 atom stereocenters. The van der Waals surface area contributed by atoms with E-state index in [-0.39, 0.29) is 11.9 Å². The minimum Gasteiger partial charge on any atom is -0.352 e.